The molecule has 0 bridgehead atoms. The number of halogens is 4. The molecule has 0 spiro atoms. The maximum Gasteiger partial charge on any atom is 0.410 e. The molecule has 0 aliphatic carbocycles. The smallest absolute Gasteiger partial charge is 0.410 e. The summed E-state index contributed by atoms with van der Waals surface area (Å²) in [7, 11) is 0.996. The Labute approximate surface area is 162 Å². The minimum absolute atomic E-state index is 0.0446. The second kappa shape index (κ2) is 7.03. The molecule has 0 saturated carbocycles. The summed E-state index contributed by atoms with van der Waals surface area (Å²) in [5, 5.41) is 0. The first-order valence-corrected chi connectivity index (χ1v) is 9.11. The quantitative estimate of drug-likeness (QED) is 0.525. The van der Waals surface area contributed by atoms with Gasteiger partial charge in [-0.2, -0.15) is 0 Å². The molecule has 1 amide bonds. The van der Waals surface area contributed by atoms with Crippen LogP contribution in [-0.2, 0) is 14.3 Å². The molecule has 0 unspecified atom stereocenters. The SMILES string of the molecule is COC(=O)C(C)(C)C(F)(F)CN1CC[C@H]2[C@@H]1C(F)(F)CN2C(=O)OC(C)(C)C. The second-order valence-electron chi connectivity index (χ2n) is 8.96. The maximum atomic E-state index is 14.8. The zero-order valence-electron chi connectivity index (χ0n) is 17.0. The van der Waals surface area contributed by atoms with Crippen molar-refractivity contribution in [1.29, 1.82) is 0 Å². The highest BCUT2D eigenvalue weighted by atomic mass is 19.3. The molecule has 0 N–H and O–H groups in total. The van der Waals surface area contributed by atoms with Gasteiger partial charge in [-0.15, -0.1) is 0 Å². The average molecular weight is 412 g/mol. The van der Waals surface area contributed by atoms with Crippen LogP contribution in [-0.4, -0.2) is 78.1 Å². The standard InChI is InChI=1S/C18H28F4N2O4/c1-15(2,3)28-14(26)24-9-17(19,20)12-11(24)7-8-23(12)10-18(21,22)16(4,5)13(25)27-6/h11-12H,7-10H2,1-6H3/t11-,12+/m0/s1. The third kappa shape index (κ3) is 4.06. The maximum absolute atomic E-state index is 14.8. The predicted octanol–water partition coefficient (Wildman–Crippen LogP) is 3.15. The molecular formula is C18H28F4N2O4. The zero-order chi connectivity index (χ0) is 21.7. The molecule has 0 aromatic carbocycles. The molecule has 162 valence electrons. The molecule has 2 rings (SSSR count). The molecule has 2 aliphatic rings. The summed E-state index contributed by atoms with van der Waals surface area (Å²) >= 11 is 0. The van der Waals surface area contributed by atoms with Crippen LogP contribution in [0.1, 0.15) is 41.0 Å². The van der Waals surface area contributed by atoms with Gasteiger partial charge < -0.3 is 9.47 Å². The van der Waals surface area contributed by atoms with E-state index in [0.29, 0.717) is 0 Å². The van der Waals surface area contributed by atoms with E-state index in [4.69, 9.17) is 4.74 Å². The van der Waals surface area contributed by atoms with Crippen LogP contribution < -0.4 is 0 Å². The molecular weight excluding hydrogens is 384 g/mol. The third-order valence-electron chi connectivity index (χ3n) is 5.32. The van der Waals surface area contributed by atoms with Crippen LogP contribution in [0.5, 0.6) is 0 Å². The van der Waals surface area contributed by atoms with Crippen LogP contribution >= 0.6 is 0 Å². The van der Waals surface area contributed by atoms with E-state index in [0.717, 1.165) is 30.8 Å². The Balaban J connectivity index is 2.21. The zero-order valence-corrected chi connectivity index (χ0v) is 17.0. The van der Waals surface area contributed by atoms with Crippen molar-refractivity contribution >= 4 is 12.1 Å². The first kappa shape index (κ1) is 22.7. The molecule has 2 aliphatic heterocycles. The van der Waals surface area contributed by atoms with Crippen LogP contribution in [0.2, 0.25) is 0 Å². The summed E-state index contributed by atoms with van der Waals surface area (Å²) in [6.07, 6.45) is -0.767. The summed E-state index contributed by atoms with van der Waals surface area (Å²) in [6.45, 7) is 4.93. The number of alkyl halides is 4. The molecule has 2 heterocycles. The van der Waals surface area contributed by atoms with Gasteiger partial charge in [-0.25, -0.2) is 22.4 Å². The highest BCUT2D eigenvalue weighted by Gasteiger charge is 2.64. The lowest BCUT2D eigenvalue weighted by molar-refractivity contribution is -0.183. The molecule has 2 saturated heterocycles. The van der Waals surface area contributed by atoms with Gasteiger partial charge >= 0.3 is 12.1 Å². The number of likely N-dealkylation sites (tertiary alicyclic amines) is 2. The van der Waals surface area contributed by atoms with E-state index in [-0.39, 0.29) is 13.0 Å². The van der Waals surface area contributed by atoms with Crippen LogP contribution in [0.4, 0.5) is 22.4 Å². The Hall–Kier alpha value is -1.58. The van der Waals surface area contributed by atoms with Crippen molar-refractivity contribution in [3.63, 3.8) is 0 Å². The third-order valence-corrected chi connectivity index (χ3v) is 5.32. The summed E-state index contributed by atoms with van der Waals surface area (Å²) in [6, 6.07) is -2.48. The lowest BCUT2D eigenvalue weighted by Gasteiger charge is -2.36. The van der Waals surface area contributed by atoms with Crippen LogP contribution in [0.15, 0.2) is 0 Å². The highest BCUT2D eigenvalue weighted by Crippen LogP contribution is 2.45. The normalized spacial score (nSPS) is 25.6. The van der Waals surface area contributed by atoms with E-state index in [2.05, 4.69) is 4.74 Å². The number of hydrogen-bond acceptors (Lipinski definition) is 5. The second-order valence-corrected chi connectivity index (χ2v) is 8.96. The van der Waals surface area contributed by atoms with Crippen molar-refractivity contribution in [2.75, 3.05) is 26.7 Å². The van der Waals surface area contributed by atoms with Crippen LogP contribution in [0, 0.1) is 5.41 Å². The number of hydrogen-bond donors (Lipinski definition) is 0. The van der Waals surface area contributed by atoms with Gasteiger partial charge in [-0.3, -0.25) is 14.6 Å². The van der Waals surface area contributed by atoms with Gasteiger partial charge in [0, 0.05) is 6.54 Å². The van der Waals surface area contributed by atoms with E-state index in [9.17, 15) is 27.2 Å². The van der Waals surface area contributed by atoms with E-state index >= 15 is 0 Å². The Morgan fingerprint density at radius 3 is 2.21 bits per heavy atom. The molecule has 0 radical (unpaired) electrons. The molecule has 28 heavy (non-hydrogen) atoms. The van der Waals surface area contributed by atoms with E-state index in [1.165, 1.54) is 0 Å². The Morgan fingerprint density at radius 2 is 1.71 bits per heavy atom. The van der Waals surface area contributed by atoms with Crippen molar-refractivity contribution in [2.24, 2.45) is 5.41 Å². The number of amides is 1. The first-order valence-electron chi connectivity index (χ1n) is 9.11. The molecule has 2 atom stereocenters. The fraction of sp³-hybridized carbons (Fsp3) is 0.889. The van der Waals surface area contributed by atoms with Gasteiger partial charge in [-0.1, -0.05) is 0 Å². The summed E-state index contributed by atoms with van der Waals surface area (Å²) < 4.78 is 68.5. The molecule has 0 aromatic heterocycles. The van der Waals surface area contributed by atoms with Crippen molar-refractivity contribution in [3.8, 4) is 0 Å². The van der Waals surface area contributed by atoms with Gasteiger partial charge in [0.25, 0.3) is 11.8 Å². The largest absolute Gasteiger partial charge is 0.468 e. The van der Waals surface area contributed by atoms with Gasteiger partial charge in [-0.05, 0) is 41.0 Å². The number of ether oxygens (including phenoxy) is 2. The topological polar surface area (TPSA) is 59.1 Å². The van der Waals surface area contributed by atoms with Crippen LogP contribution in [0.3, 0.4) is 0 Å². The summed E-state index contributed by atoms with van der Waals surface area (Å²) in [5.74, 6) is -8.10. The summed E-state index contributed by atoms with van der Waals surface area (Å²) in [4.78, 5) is 26.0. The van der Waals surface area contributed by atoms with Crippen LogP contribution in [0.25, 0.3) is 0 Å². The van der Waals surface area contributed by atoms with Crippen molar-refractivity contribution in [2.45, 2.75) is 70.6 Å². The summed E-state index contributed by atoms with van der Waals surface area (Å²) in [5.41, 5.74) is -3.04. The van der Waals surface area contributed by atoms with E-state index in [1.807, 2.05) is 0 Å². The van der Waals surface area contributed by atoms with Gasteiger partial charge in [0.05, 0.1) is 32.3 Å². The van der Waals surface area contributed by atoms with Crippen molar-refractivity contribution < 1.29 is 36.6 Å². The highest BCUT2D eigenvalue weighted by molar-refractivity contribution is 5.77. The van der Waals surface area contributed by atoms with Gasteiger partial charge in [0.2, 0.25) is 0 Å². The lowest BCUT2D eigenvalue weighted by Crippen LogP contribution is -2.55. The molecule has 10 heteroatoms. The Kier molecular flexibility index (Phi) is 5.70. The van der Waals surface area contributed by atoms with E-state index in [1.54, 1.807) is 20.8 Å². The number of methoxy groups -OCH3 is 1. The number of fused-ring (bicyclic) bond motifs is 1. The van der Waals surface area contributed by atoms with Crippen molar-refractivity contribution in [3.05, 3.63) is 0 Å². The average Bonchev–Trinajstić information content (AvgIpc) is 3.04. The fourth-order valence-corrected chi connectivity index (χ4v) is 3.71. The fourth-order valence-electron chi connectivity index (χ4n) is 3.71. The van der Waals surface area contributed by atoms with Crippen molar-refractivity contribution in [1.82, 2.24) is 9.80 Å². The molecule has 0 aromatic rings. The minimum Gasteiger partial charge on any atom is -0.468 e. The van der Waals surface area contributed by atoms with E-state index < -0.39 is 60.1 Å². The van der Waals surface area contributed by atoms with Gasteiger partial charge in [0.15, 0.2) is 0 Å². The number of nitrogens with zero attached hydrogens (tertiary/aromatic N) is 2. The number of carbonyl (C=O) groups is 2. The Morgan fingerprint density at radius 1 is 1.14 bits per heavy atom. The number of rotatable bonds is 4. The molecule has 6 nitrogen and oxygen atoms in total. The Bertz CT molecular complexity index is 634. The first-order chi connectivity index (χ1) is 12.5. The number of esters is 1. The number of carbonyl (C=O) groups excluding carboxylic acids is 2. The monoisotopic (exact) mass is 412 g/mol. The minimum atomic E-state index is -3.61. The predicted molar refractivity (Wildman–Crippen MR) is 92.4 cm³/mol. The molecule has 2 fully saturated rings. The van der Waals surface area contributed by atoms with Gasteiger partial charge in [0.1, 0.15) is 11.0 Å². The lowest BCUT2D eigenvalue weighted by atomic mass is 9.85.